The van der Waals surface area contributed by atoms with E-state index in [1.165, 1.54) is 0 Å². The van der Waals surface area contributed by atoms with Crippen LogP contribution >= 0.6 is 0 Å². The summed E-state index contributed by atoms with van der Waals surface area (Å²) in [5.74, 6) is 1.18. The molecule has 0 fully saturated rings. The lowest BCUT2D eigenvalue weighted by atomic mass is 10.3. The van der Waals surface area contributed by atoms with Crippen LogP contribution in [-0.4, -0.2) is 20.2 Å². The van der Waals surface area contributed by atoms with Crippen LogP contribution in [0.15, 0.2) is 53.5 Å². The first-order valence-electron chi connectivity index (χ1n) is 6.39. The fourth-order valence-electron chi connectivity index (χ4n) is 1.67. The summed E-state index contributed by atoms with van der Waals surface area (Å²) in [4.78, 5) is 17.9. The SMILES string of the molecule is Nc1nnc(Nc2ccc(Oc3ccccn3)cc2)[nH]c1=O. The fraction of sp³-hybridized carbons (Fsp3) is 0. The van der Waals surface area contributed by atoms with Gasteiger partial charge in [-0.15, -0.1) is 10.2 Å². The van der Waals surface area contributed by atoms with E-state index in [1.807, 2.05) is 12.1 Å². The van der Waals surface area contributed by atoms with Crippen LogP contribution in [0.1, 0.15) is 0 Å². The number of rotatable bonds is 4. The Morgan fingerprint density at radius 3 is 2.59 bits per heavy atom. The van der Waals surface area contributed by atoms with Crippen molar-refractivity contribution in [1.82, 2.24) is 20.2 Å². The molecule has 0 aliphatic rings. The van der Waals surface area contributed by atoms with Gasteiger partial charge < -0.3 is 15.8 Å². The number of nitrogens with two attached hydrogens (primary N) is 1. The number of ether oxygens (including phenoxy) is 1. The minimum absolute atomic E-state index is 0.176. The van der Waals surface area contributed by atoms with E-state index in [9.17, 15) is 4.79 Å². The van der Waals surface area contributed by atoms with E-state index in [0.717, 1.165) is 0 Å². The van der Waals surface area contributed by atoms with Crippen LogP contribution in [0.4, 0.5) is 17.5 Å². The number of nitrogens with one attached hydrogen (secondary N) is 2. The number of hydrogen-bond donors (Lipinski definition) is 3. The monoisotopic (exact) mass is 296 g/mol. The molecular weight excluding hydrogens is 284 g/mol. The molecule has 0 unspecified atom stereocenters. The van der Waals surface area contributed by atoms with Crippen molar-refractivity contribution in [3.05, 3.63) is 59.0 Å². The van der Waals surface area contributed by atoms with Gasteiger partial charge in [-0.2, -0.15) is 0 Å². The minimum atomic E-state index is -0.493. The van der Waals surface area contributed by atoms with E-state index in [2.05, 4.69) is 25.5 Å². The maximum atomic E-state index is 11.3. The molecule has 0 spiro atoms. The first-order valence-corrected chi connectivity index (χ1v) is 6.39. The maximum Gasteiger partial charge on any atom is 0.295 e. The van der Waals surface area contributed by atoms with Gasteiger partial charge in [0.05, 0.1) is 0 Å². The Morgan fingerprint density at radius 2 is 1.91 bits per heavy atom. The molecule has 0 amide bonds. The molecule has 3 rings (SSSR count). The first-order chi connectivity index (χ1) is 10.7. The highest BCUT2D eigenvalue weighted by molar-refractivity contribution is 5.54. The Labute approximate surface area is 125 Å². The topological polar surface area (TPSA) is 119 Å². The standard InChI is InChI=1S/C14H12N6O2/c15-12-13(21)18-14(20-19-12)17-9-4-6-10(7-5-9)22-11-3-1-2-8-16-11/h1-8H,(H2,15,19)(H2,17,18,20,21). The number of anilines is 3. The molecule has 0 atom stereocenters. The zero-order chi connectivity index (χ0) is 15.4. The Morgan fingerprint density at radius 1 is 1.09 bits per heavy atom. The van der Waals surface area contributed by atoms with E-state index < -0.39 is 5.56 Å². The number of H-pyrrole nitrogens is 1. The van der Waals surface area contributed by atoms with Crippen molar-refractivity contribution in [1.29, 1.82) is 0 Å². The molecule has 2 aromatic heterocycles. The molecule has 8 heteroatoms. The molecule has 0 saturated carbocycles. The molecule has 0 aliphatic heterocycles. The summed E-state index contributed by atoms with van der Waals surface area (Å²) in [6.45, 7) is 0. The summed E-state index contributed by atoms with van der Waals surface area (Å²) in [6.07, 6.45) is 1.65. The molecule has 22 heavy (non-hydrogen) atoms. The third-order valence-electron chi connectivity index (χ3n) is 2.70. The highest BCUT2D eigenvalue weighted by atomic mass is 16.5. The number of hydrogen-bond acceptors (Lipinski definition) is 7. The fourth-order valence-corrected chi connectivity index (χ4v) is 1.67. The third kappa shape index (κ3) is 3.18. The van der Waals surface area contributed by atoms with Crippen molar-refractivity contribution in [3.63, 3.8) is 0 Å². The molecule has 110 valence electrons. The average molecular weight is 296 g/mol. The van der Waals surface area contributed by atoms with Gasteiger partial charge in [-0.25, -0.2) is 4.98 Å². The van der Waals surface area contributed by atoms with Gasteiger partial charge in [0.1, 0.15) is 5.75 Å². The summed E-state index contributed by atoms with van der Waals surface area (Å²) < 4.78 is 5.58. The molecule has 0 radical (unpaired) electrons. The number of aromatic nitrogens is 4. The quantitative estimate of drug-likeness (QED) is 0.670. The second kappa shape index (κ2) is 5.92. The van der Waals surface area contributed by atoms with Gasteiger partial charge in [0, 0.05) is 18.0 Å². The lowest BCUT2D eigenvalue weighted by Gasteiger charge is -2.07. The Bertz CT molecular complexity index is 817. The van der Waals surface area contributed by atoms with Crippen LogP contribution < -0.4 is 21.3 Å². The largest absolute Gasteiger partial charge is 0.439 e. The van der Waals surface area contributed by atoms with Gasteiger partial charge in [0.15, 0.2) is 0 Å². The molecule has 0 saturated heterocycles. The highest BCUT2D eigenvalue weighted by Crippen LogP contribution is 2.21. The maximum absolute atomic E-state index is 11.3. The van der Waals surface area contributed by atoms with Crippen LogP contribution in [0.5, 0.6) is 11.6 Å². The van der Waals surface area contributed by atoms with Crippen molar-refractivity contribution in [2.45, 2.75) is 0 Å². The molecule has 3 aromatic rings. The van der Waals surface area contributed by atoms with Crippen LogP contribution in [0.25, 0.3) is 0 Å². The number of benzene rings is 1. The predicted octanol–water partition coefficient (Wildman–Crippen LogP) is 1.68. The normalized spacial score (nSPS) is 10.2. The van der Waals surface area contributed by atoms with Gasteiger partial charge in [0.25, 0.3) is 5.56 Å². The molecule has 8 nitrogen and oxygen atoms in total. The Hall–Kier alpha value is -3.42. The van der Waals surface area contributed by atoms with Crippen LogP contribution in [-0.2, 0) is 0 Å². The van der Waals surface area contributed by atoms with Gasteiger partial charge in [-0.1, -0.05) is 6.07 Å². The molecule has 4 N–H and O–H groups in total. The summed E-state index contributed by atoms with van der Waals surface area (Å²) in [5.41, 5.74) is 5.53. The summed E-state index contributed by atoms with van der Waals surface area (Å²) >= 11 is 0. The van der Waals surface area contributed by atoms with E-state index >= 15 is 0 Å². The van der Waals surface area contributed by atoms with Gasteiger partial charge >= 0.3 is 0 Å². The average Bonchev–Trinajstić information content (AvgIpc) is 2.54. The van der Waals surface area contributed by atoms with Crippen LogP contribution in [0.3, 0.4) is 0 Å². The van der Waals surface area contributed by atoms with Crippen molar-refractivity contribution in [2.75, 3.05) is 11.1 Å². The third-order valence-corrected chi connectivity index (χ3v) is 2.70. The number of pyridine rings is 1. The lowest BCUT2D eigenvalue weighted by molar-refractivity contribution is 0.463. The molecular formula is C14H12N6O2. The second-order valence-electron chi connectivity index (χ2n) is 4.31. The molecule has 2 heterocycles. The van der Waals surface area contributed by atoms with E-state index in [1.54, 1.807) is 36.5 Å². The second-order valence-corrected chi connectivity index (χ2v) is 4.31. The number of nitrogens with zero attached hydrogens (tertiary/aromatic N) is 3. The summed E-state index contributed by atoms with van der Waals surface area (Å²) in [6, 6.07) is 12.5. The first kappa shape index (κ1) is 13.6. The van der Waals surface area contributed by atoms with Gasteiger partial charge in [0.2, 0.25) is 17.6 Å². The molecule has 0 bridgehead atoms. The van der Waals surface area contributed by atoms with Crippen molar-refractivity contribution >= 4 is 17.5 Å². The van der Waals surface area contributed by atoms with E-state index in [0.29, 0.717) is 17.3 Å². The Balaban J connectivity index is 1.71. The zero-order valence-electron chi connectivity index (χ0n) is 11.4. The van der Waals surface area contributed by atoms with E-state index in [4.69, 9.17) is 10.5 Å². The zero-order valence-corrected chi connectivity index (χ0v) is 11.4. The van der Waals surface area contributed by atoms with Crippen LogP contribution in [0.2, 0.25) is 0 Å². The minimum Gasteiger partial charge on any atom is -0.439 e. The highest BCUT2D eigenvalue weighted by Gasteiger charge is 2.02. The molecule has 1 aromatic carbocycles. The van der Waals surface area contributed by atoms with Gasteiger partial charge in [-0.3, -0.25) is 9.78 Å². The van der Waals surface area contributed by atoms with E-state index in [-0.39, 0.29) is 11.8 Å². The summed E-state index contributed by atoms with van der Waals surface area (Å²) in [5, 5.41) is 10.2. The number of nitrogen functional groups attached to an aromatic ring is 1. The summed E-state index contributed by atoms with van der Waals surface area (Å²) in [7, 11) is 0. The van der Waals surface area contributed by atoms with Crippen molar-refractivity contribution in [2.24, 2.45) is 0 Å². The smallest absolute Gasteiger partial charge is 0.295 e. The lowest BCUT2D eigenvalue weighted by Crippen LogP contribution is -2.17. The van der Waals surface area contributed by atoms with Crippen molar-refractivity contribution < 1.29 is 4.74 Å². The van der Waals surface area contributed by atoms with Crippen LogP contribution in [0, 0.1) is 0 Å². The molecule has 0 aliphatic carbocycles. The number of aromatic amines is 1. The Kier molecular flexibility index (Phi) is 3.65. The predicted molar refractivity (Wildman–Crippen MR) is 81.1 cm³/mol. The van der Waals surface area contributed by atoms with Gasteiger partial charge in [-0.05, 0) is 30.3 Å². The van der Waals surface area contributed by atoms with Crippen molar-refractivity contribution in [3.8, 4) is 11.6 Å².